The quantitative estimate of drug-likeness (QED) is 0.834. The van der Waals surface area contributed by atoms with E-state index in [0.717, 1.165) is 11.3 Å². The second-order valence-corrected chi connectivity index (χ2v) is 5.29. The van der Waals surface area contributed by atoms with Crippen LogP contribution in [0.2, 0.25) is 0 Å². The highest BCUT2D eigenvalue weighted by atomic mass is 16.7. The topological polar surface area (TPSA) is 27.7 Å². The lowest BCUT2D eigenvalue weighted by atomic mass is 10.1. The molecule has 114 valence electrons. The van der Waals surface area contributed by atoms with Crippen molar-refractivity contribution in [3.05, 3.63) is 71.8 Å². The lowest BCUT2D eigenvalue weighted by Gasteiger charge is -2.22. The van der Waals surface area contributed by atoms with E-state index in [2.05, 4.69) is 18.2 Å². The second-order valence-electron chi connectivity index (χ2n) is 5.29. The number of hydrogen-bond acceptors (Lipinski definition) is 3. The van der Waals surface area contributed by atoms with Gasteiger partial charge in [0, 0.05) is 5.56 Å². The highest BCUT2D eigenvalue weighted by Gasteiger charge is 2.32. The van der Waals surface area contributed by atoms with Crippen molar-refractivity contribution in [3.63, 3.8) is 0 Å². The molecule has 0 N–H and O–H groups in total. The van der Waals surface area contributed by atoms with Gasteiger partial charge >= 0.3 is 0 Å². The normalized spacial score (nSPS) is 17.0. The van der Waals surface area contributed by atoms with Gasteiger partial charge in [-0.05, 0) is 42.8 Å². The molecule has 0 amide bonds. The fourth-order valence-electron chi connectivity index (χ4n) is 2.43. The predicted octanol–water partition coefficient (Wildman–Crippen LogP) is 4.00. The molecule has 1 aliphatic rings. The average Bonchev–Trinajstić information content (AvgIpc) is 3.01. The first-order valence-electron chi connectivity index (χ1n) is 7.49. The Morgan fingerprint density at radius 1 is 1.00 bits per heavy atom. The summed E-state index contributed by atoms with van der Waals surface area (Å²) in [5.74, 6) is 0.217. The van der Waals surface area contributed by atoms with Crippen molar-refractivity contribution in [2.24, 2.45) is 0 Å². The van der Waals surface area contributed by atoms with Crippen LogP contribution in [0.5, 0.6) is 5.75 Å². The number of rotatable bonds is 5. The molecule has 0 unspecified atom stereocenters. The third-order valence-electron chi connectivity index (χ3n) is 3.67. The van der Waals surface area contributed by atoms with Crippen LogP contribution in [-0.4, -0.2) is 19.8 Å². The molecule has 2 aromatic rings. The first kappa shape index (κ1) is 14.8. The minimum atomic E-state index is -0.619. The zero-order valence-corrected chi connectivity index (χ0v) is 12.7. The Kier molecular flexibility index (Phi) is 4.56. The van der Waals surface area contributed by atoms with Crippen LogP contribution in [0.1, 0.15) is 18.1 Å². The van der Waals surface area contributed by atoms with E-state index in [1.165, 1.54) is 5.56 Å². The molecule has 2 aromatic carbocycles. The van der Waals surface area contributed by atoms with Gasteiger partial charge in [-0.1, -0.05) is 36.4 Å². The summed E-state index contributed by atoms with van der Waals surface area (Å²) in [5.41, 5.74) is 2.18. The van der Waals surface area contributed by atoms with Gasteiger partial charge in [-0.15, -0.1) is 0 Å². The minimum absolute atomic E-state index is 0.540. The average molecular weight is 296 g/mol. The number of benzene rings is 2. The molecule has 0 saturated carbocycles. The summed E-state index contributed by atoms with van der Waals surface area (Å²) in [6, 6.07) is 18.0. The van der Waals surface area contributed by atoms with Crippen molar-refractivity contribution in [2.75, 3.05) is 19.8 Å². The van der Waals surface area contributed by atoms with Crippen molar-refractivity contribution in [1.82, 2.24) is 0 Å². The minimum Gasteiger partial charge on any atom is -0.490 e. The van der Waals surface area contributed by atoms with Crippen LogP contribution in [0.3, 0.4) is 0 Å². The predicted molar refractivity (Wildman–Crippen MR) is 86.7 cm³/mol. The van der Waals surface area contributed by atoms with Crippen LogP contribution in [0.25, 0.3) is 6.08 Å². The Balaban J connectivity index is 1.54. The third-order valence-corrected chi connectivity index (χ3v) is 3.67. The molecule has 0 bridgehead atoms. The van der Waals surface area contributed by atoms with E-state index in [4.69, 9.17) is 14.2 Å². The Hall–Kier alpha value is -2.10. The van der Waals surface area contributed by atoms with E-state index in [1.54, 1.807) is 0 Å². The van der Waals surface area contributed by atoms with Gasteiger partial charge < -0.3 is 14.2 Å². The summed E-state index contributed by atoms with van der Waals surface area (Å²) in [6.07, 6.45) is 4.06. The Bertz CT molecular complexity index is 611. The largest absolute Gasteiger partial charge is 0.490 e. The van der Waals surface area contributed by atoms with Crippen LogP contribution in [0, 0.1) is 0 Å². The van der Waals surface area contributed by atoms with E-state index >= 15 is 0 Å². The van der Waals surface area contributed by atoms with Gasteiger partial charge in [-0.3, -0.25) is 0 Å². The summed E-state index contributed by atoms with van der Waals surface area (Å²) in [4.78, 5) is 0. The van der Waals surface area contributed by atoms with Crippen molar-refractivity contribution >= 4 is 6.08 Å². The van der Waals surface area contributed by atoms with E-state index in [0.29, 0.717) is 19.8 Å². The SMILES string of the molecule is CC1(c2ccc(OCC=Cc3ccccc3)cc2)OCCO1. The smallest absolute Gasteiger partial charge is 0.192 e. The van der Waals surface area contributed by atoms with Crippen molar-refractivity contribution in [1.29, 1.82) is 0 Å². The van der Waals surface area contributed by atoms with Crippen LogP contribution < -0.4 is 4.74 Å². The van der Waals surface area contributed by atoms with E-state index in [9.17, 15) is 0 Å². The van der Waals surface area contributed by atoms with Crippen LogP contribution >= 0.6 is 0 Å². The van der Waals surface area contributed by atoms with Gasteiger partial charge in [-0.25, -0.2) is 0 Å². The third kappa shape index (κ3) is 3.56. The van der Waals surface area contributed by atoms with Crippen LogP contribution in [0.15, 0.2) is 60.7 Å². The summed E-state index contributed by atoms with van der Waals surface area (Å²) >= 11 is 0. The maximum atomic E-state index is 5.71. The summed E-state index contributed by atoms with van der Waals surface area (Å²) in [5, 5.41) is 0. The molecule has 3 rings (SSSR count). The molecule has 1 aliphatic heterocycles. The van der Waals surface area contributed by atoms with Crippen molar-refractivity contribution in [3.8, 4) is 5.75 Å². The van der Waals surface area contributed by atoms with Crippen LogP contribution in [-0.2, 0) is 15.3 Å². The summed E-state index contributed by atoms with van der Waals surface area (Å²) < 4.78 is 17.0. The monoisotopic (exact) mass is 296 g/mol. The molecule has 3 heteroatoms. The fraction of sp³-hybridized carbons (Fsp3) is 0.263. The van der Waals surface area contributed by atoms with Gasteiger partial charge in [0.05, 0.1) is 13.2 Å². The molecule has 1 fully saturated rings. The number of ether oxygens (including phenoxy) is 3. The molecule has 22 heavy (non-hydrogen) atoms. The number of hydrogen-bond donors (Lipinski definition) is 0. The van der Waals surface area contributed by atoms with Gasteiger partial charge in [0.25, 0.3) is 0 Å². The molecule has 0 radical (unpaired) electrons. The van der Waals surface area contributed by atoms with E-state index in [1.807, 2.05) is 55.5 Å². The van der Waals surface area contributed by atoms with E-state index in [-0.39, 0.29) is 0 Å². The maximum Gasteiger partial charge on any atom is 0.192 e. The highest BCUT2D eigenvalue weighted by molar-refractivity contribution is 5.48. The maximum absolute atomic E-state index is 5.71. The standard InChI is InChI=1S/C19H20O3/c1-19(21-14-15-22-19)17-9-11-18(12-10-17)20-13-5-8-16-6-3-2-4-7-16/h2-12H,13-15H2,1H3. The Labute approximate surface area is 131 Å². The lowest BCUT2D eigenvalue weighted by molar-refractivity contribution is -0.149. The lowest BCUT2D eigenvalue weighted by Crippen LogP contribution is -2.22. The molecule has 0 aromatic heterocycles. The Morgan fingerprint density at radius 3 is 2.36 bits per heavy atom. The molecule has 1 heterocycles. The second kappa shape index (κ2) is 6.77. The summed E-state index contributed by atoms with van der Waals surface area (Å²) in [6.45, 7) is 3.76. The van der Waals surface area contributed by atoms with Gasteiger partial charge in [0.15, 0.2) is 5.79 Å². The van der Waals surface area contributed by atoms with Crippen molar-refractivity contribution < 1.29 is 14.2 Å². The fourth-order valence-corrected chi connectivity index (χ4v) is 2.43. The van der Waals surface area contributed by atoms with Crippen molar-refractivity contribution in [2.45, 2.75) is 12.7 Å². The van der Waals surface area contributed by atoms with Crippen LogP contribution in [0.4, 0.5) is 0 Å². The molecule has 0 aliphatic carbocycles. The highest BCUT2D eigenvalue weighted by Crippen LogP contribution is 2.31. The molecule has 1 saturated heterocycles. The van der Waals surface area contributed by atoms with Gasteiger partial charge in [-0.2, -0.15) is 0 Å². The summed E-state index contributed by atoms with van der Waals surface area (Å²) in [7, 11) is 0. The zero-order chi connectivity index (χ0) is 15.3. The Morgan fingerprint density at radius 2 is 1.68 bits per heavy atom. The van der Waals surface area contributed by atoms with E-state index < -0.39 is 5.79 Å². The molecular formula is C19H20O3. The molecule has 3 nitrogen and oxygen atoms in total. The van der Waals surface area contributed by atoms with Gasteiger partial charge in [0.2, 0.25) is 0 Å². The first-order chi connectivity index (χ1) is 10.8. The van der Waals surface area contributed by atoms with Gasteiger partial charge in [0.1, 0.15) is 12.4 Å². The molecular weight excluding hydrogens is 276 g/mol. The molecule has 0 atom stereocenters. The molecule has 0 spiro atoms. The zero-order valence-electron chi connectivity index (χ0n) is 12.7. The first-order valence-corrected chi connectivity index (χ1v) is 7.49.